The van der Waals surface area contributed by atoms with E-state index in [1.165, 1.54) is 12.1 Å². The van der Waals surface area contributed by atoms with Gasteiger partial charge in [-0.1, -0.05) is 30.3 Å². The van der Waals surface area contributed by atoms with E-state index in [1.54, 1.807) is 24.3 Å². The predicted molar refractivity (Wildman–Crippen MR) is 88.9 cm³/mol. The summed E-state index contributed by atoms with van der Waals surface area (Å²) in [5.41, 5.74) is 5.86. The second-order valence-corrected chi connectivity index (χ2v) is 5.58. The van der Waals surface area contributed by atoms with Crippen LogP contribution in [-0.2, 0) is 28.7 Å². The minimum Gasteiger partial charge on any atom is -0.457 e. The molecule has 1 heterocycles. The van der Waals surface area contributed by atoms with Gasteiger partial charge >= 0.3 is 12.1 Å². The van der Waals surface area contributed by atoms with Crippen molar-refractivity contribution in [1.29, 1.82) is 0 Å². The number of nitrogens with zero attached hydrogens (tertiary/aromatic N) is 2. The number of esters is 1. The van der Waals surface area contributed by atoms with E-state index in [4.69, 9.17) is 10.5 Å². The highest BCUT2D eigenvalue weighted by Crippen LogP contribution is 2.29. The fourth-order valence-electron chi connectivity index (χ4n) is 2.44. The highest BCUT2D eigenvalue weighted by atomic mass is 19.4. The fraction of sp³-hybridized carbons (Fsp3) is 0.167. The van der Waals surface area contributed by atoms with Crippen molar-refractivity contribution in [2.45, 2.75) is 19.2 Å². The molecule has 0 radical (unpaired) electrons. The lowest BCUT2D eigenvalue weighted by molar-refractivity contribution is -0.144. The predicted octanol–water partition coefficient (Wildman–Crippen LogP) is 3.52. The summed E-state index contributed by atoms with van der Waals surface area (Å²) in [6.45, 7) is -0.215. The first-order valence-corrected chi connectivity index (χ1v) is 7.66. The van der Waals surface area contributed by atoms with Crippen LogP contribution < -0.4 is 5.73 Å². The molecule has 8 heteroatoms. The molecule has 0 bridgehead atoms. The number of hydrogen-bond acceptors (Lipinski definition) is 5. The van der Waals surface area contributed by atoms with E-state index >= 15 is 0 Å². The third-order valence-corrected chi connectivity index (χ3v) is 3.64. The molecule has 26 heavy (non-hydrogen) atoms. The number of carbonyl (C=O) groups is 1. The Bertz CT molecular complexity index is 958. The largest absolute Gasteiger partial charge is 0.457 e. The maximum atomic E-state index is 12.7. The van der Waals surface area contributed by atoms with Gasteiger partial charge in [0.2, 0.25) is 0 Å². The standard InChI is InChI=1S/C18H14F3N3O2/c19-18(20,21)12-5-3-4-11(8-12)9-16(25)26-10-15-23-14-7-2-1-6-13(14)17(22)24-15/h1-8H,9-10H2,(H2,22,23,24). The van der Waals surface area contributed by atoms with E-state index in [1.807, 2.05) is 0 Å². The third kappa shape index (κ3) is 4.08. The first kappa shape index (κ1) is 17.7. The molecule has 134 valence electrons. The van der Waals surface area contributed by atoms with Crippen molar-refractivity contribution in [3.05, 3.63) is 65.5 Å². The van der Waals surface area contributed by atoms with Crippen molar-refractivity contribution in [2.24, 2.45) is 0 Å². The summed E-state index contributed by atoms with van der Waals surface area (Å²) in [7, 11) is 0. The summed E-state index contributed by atoms with van der Waals surface area (Å²) in [5, 5.41) is 0.687. The Hall–Kier alpha value is -3.16. The van der Waals surface area contributed by atoms with Crippen LogP contribution in [0.1, 0.15) is 17.0 Å². The van der Waals surface area contributed by atoms with E-state index in [-0.39, 0.29) is 30.2 Å². The molecule has 0 fully saturated rings. The summed E-state index contributed by atoms with van der Waals surface area (Å²) in [4.78, 5) is 20.2. The summed E-state index contributed by atoms with van der Waals surface area (Å²) >= 11 is 0. The monoisotopic (exact) mass is 361 g/mol. The Morgan fingerprint density at radius 2 is 1.85 bits per heavy atom. The summed E-state index contributed by atoms with van der Waals surface area (Å²) < 4.78 is 43.1. The molecule has 0 saturated carbocycles. The molecule has 0 spiro atoms. The molecular formula is C18H14F3N3O2. The molecular weight excluding hydrogens is 347 g/mol. The molecule has 0 aliphatic heterocycles. The maximum absolute atomic E-state index is 12.7. The first-order chi connectivity index (χ1) is 12.3. The number of benzene rings is 2. The number of alkyl halides is 3. The number of rotatable bonds is 4. The van der Waals surface area contributed by atoms with Gasteiger partial charge < -0.3 is 10.5 Å². The Kier molecular flexibility index (Phi) is 4.75. The lowest BCUT2D eigenvalue weighted by Crippen LogP contribution is -2.11. The van der Waals surface area contributed by atoms with Gasteiger partial charge in [0.25, 0.3) is 0 Å². The van der Waals surface area contributed by atoms with Crippen LogP contribution in [0, 0.1) is 0 Å². The van der Waals surface area contributed by atoms with Gasteiger partial charge in [0, 0.05) is 5.39 Å². The van der Waals surface area contributed by atoms with Crippen molar-refractivity contribution < 1.29 is 22.7 Å². The number of ether oxygens (including phenoxy) is 1. The molecule has 3 rings (SSSR count). The van der Waals surface area contributed by atoms with Crippen molar-refractivity contribution in [3.8, 4) is 0 Å². The average Bonchev–Trinajstić information content (AvgIpc) is 2.59. The quantitative estimate of drug-likeness (QED) is 0.720. The first-order valence-electron chi connectivity index (χ1n) is 7.66. The highest BCUT2D eigenvalue weighted by molar-refractivity contribution is 5.87. The van der Waals surface area contributed by atoms with E-state index < -0.39 is 17.7 Å². The lowest BCUT2D eigenvalue weighted by Gasteiger charge is -2.09. The van der Waals surface area contributed by atoms with Crippen LogP contribution in [0.3, 0.4) is 0 Å². The van der Waals surface area contributed by atoms with Crippen LogP contribution in [0.15, 0.2) is 48.5 Å². The molecule has 1 aromatic heterocycles. The van der Waals surface area contributed by atoms with Crippen molar-refractivity contribution in [1.82, 2.24) is 9.97 Å². The number of nitrogens with two attached hydrogens (primary N) is 1. The molecule has 2 N–H and O–H groups in total. The zero-order chi connectivity index (χ0) is 18.7. The molecule has 0 aliphatic carbocycles. The number of carbonyl (C=O) groups excluding carboxylic acids is 1. The van der Waals surface area contributed by atoms with Gasteiger partial charge in [0.05, 0.1) is 17.5 Å². The Balaban J connectivity index is 1.66. The molecule has 0 amide bonds. The zero-order valence-corrected chi connectivity index (χ0v) is 13.5. The van der Waals surface area contributed by atoms with E-state index in [0.29, 0.717) is 10.9 Å². The number of para-hydroxylation sites is 1. The molecule has 0 unspecified atom stereocenters. The van der Waals surface area contributed by atoms with E-state index in [2.05, 4.69) is 9.97 Å². The molecule has 2 aromatic carbocycles. The second kappa shape index (κ2) is 6.99. The van der Waals surface area contributed by atoms with Gasteiger partial charge in [-0.3, -0.25) is 4.79 Å². The number of nitrogen functional groups attached to an aromatic ring is 1. The summed E-state index contributed by atoms with van der Waals surface area (Å²) in [6, 6.07) is 11.7. The normalized spacial score (nSPS) is 11.5. The number of hydrogen-bond donors (Lipinski definition) is 1. The van der Waals surface area contributed by atoms with Crippen LogP contribution in [0.5, 0.6) is 0 Å². The third-order valence-electron chi connectivity index (χ3n) is 3.64. The van der Waals surface area contributed by atoms with Gasteiger partial charge in [-0.15, -0.1) is 0 Å². The molecule has 0 saturated heterocycles. The van der Waals surface area contributed by atoms with Gasteiger partial charge in [0.1, 0.15) is 5.82 Å². The van der Waals surface area contributed by atoms with E-state index in [9.17, 15) is 18.0 Å². The molecule has 0 aliphatic rings. The van der Waals surface area contributed by atoms with Crippen molar-refractivity contribution in [3.63, 3.8) is 0 Å². The lowest BCUT2D eigenvalue weighted by atomic mass is 10.1. The highest BCUT2D eigenvalue weighted by Gasteiger charge is 2.30. The molecule has 5 nitrogen and oxygen atoms in total. The summed E-state index contributed by atoms with van der Waals surface area (Å²) in [5.74, 6) is -0.197. The number of fused-ring (bicyclic) bond motifs is 1. The van der Waals surface area contributed by atoms with Crippen LogP contribution >= 0.6 is 0 Å². The second-order valence-electron chi connectivity index (χ2n) is 5.58. The van der Waals surface area contributed by atoms with Gasteiger partial charge in [-0.2, -0.15) is 13.2 Å². The smallest absolute Gasteiger partial charge is 0.416 e. The van der Waals surface area contributed by atoms with Crippen LogP contribution in [0.2, 0.25) is 0 Å². The Morgan fingerprint density at radius 1 is 1.08 bits per heavy atom. The zero-order valence-electron chi connectivity index (χ0n) is 13.5. The van der Waals surface area contributed by atoms with Crippen molar-refractivity contribution >= 4 is 22.7 Å². The number of anilines is 1. The van der Waals surface area contributed by atoms with E-state index in [0.717, 1.165) is 12.1 Å². The maximum Gasteiger partial charge on any atom is 0.416 e. The molecule has 0 atom stereocenters. The molecule has 3 aromatic rings. The fourth-order valence-corrected chi connectivity index (χ4v) is 2.44. The number of halogens is 3. The number of aromatic nitrogens is 2. The Morgan fingerprint density at radius 3 is 2.62 bits per heavy atom. The topological polar surface area (TPSA) is 78.1 Å². The van der Waals surface area contributed by atoms with Gasteiger partial charge in [0.15, 0.2) is 12.4 Å². The van der Waals surface area contributed by atoms with Crippen LogP contribution in [0.4, 0.5) is 19.0 Å². The summed E-state index contributed by atoms with van der Waals surface area (Å²) in [6.07, 6.45) is -4.75. The van der Waals surface area contributed by atoms with Gasteiger partial charge in [-0.05, 0) is 23.8 Å². The Labute approximate surface area is 146 Å². The van der Waals surface area contributed by atoms with Gasteiger partial charge in [-0.25, -0.2) is 9.97 Å². The minimum absolute atomic E-state index is 0.212. The van der Waals surface area contributed by atoms with Crippen molar-refractivity contribution in [2.75, 3.05) is 5.73 Å². The average molecular weight is 361 g/mol. The minimum atomic E-state index is -4.46. The van der Waals surface area contributed by atoms with Crippen LogP contribution in [-0.4, -0.2) is 15.9 Å². The van der Waals surface area contributed by atoms with Crippen LogP contribution in [0.25, 0.3) is 10.9 Å². The SMILES string of the molecule is Nc1nc(COC(=O)Cc2cccc(C(F)(F)F)c2)nc2ccccc12.